The lowest BCUT2D eigenvalue weighted by Gasteiger charge is -2.12. The van der Waals surface area contributed by atoms with Gasteiger partial charge in [0.05, 0.1) is 11.5 Å². The van der Waals surface area contributed by atoms with Crippen LogP contribution in [0.2, 0.25) is 5.02 Å². The first-order valence-corrected chi connectivity index (χ1v) is 10.1. The highest BCUT2D eigenvalue weighted by Crippen LogP contribution is 2.76. The number of carbonyl (C=O) groups excluding carboxylic acids is 1. The van der Waals surface area contributed by atoms with Gasteiger partial charge in [0, 0.05) is 5.02 Å². The van der Waals surface area contributed by atoms with Crippen molar-refractivity contribution >= 4 is 17.5 Å². The molecule has 2 aliphatic carbocycles. The molecule has 3 atom stereocenters. The largest absolute Gasteiger partial charge is 0.485 e. The molecule has 0 bridgehead atoms. The van der Waals surface area contributed by atoms with Crippen molar-refractivity contribution in [3.63, 3.8) is 0 Å². The van der Waals surface area contributed by atoms with Crippen LogP contribution < -0.4 is 14.8 Å². The molecule has 2 aromatic carbocycles. The third-order valence-electron chi connectivity index (χ3n) is 5.57. The number of nitrogens with zero attached hydrogens (tertiary/aromatic N) is 2. The number of ether oxygens (including phenoxy) is 2. The standard InChI is InChI=1S/C22H20ClN3O4/c1-13-3-2-4-16(9-13)29-12-19(27)25-22-10-17(22)20(22)21-24-18(26-30-21)11-28-15-7-5-14(23)6-8-15/h2-9,17,20H,10-12H2,1H3,(H,25,27). The molecule has 0 radical (unpaired) electrons. The number of nitrogens with one attached hydrogen (secondary N) is 1. The van der Waals surface area contributed by atoms with Gasteiger partial charge in [-0.3, -0.25) is 4.79 Å². The second-order valence-electron chi connectivity index (χ2n) is 7.77. The Balaban J connectivity index is 1.12. The summed E-state index contributed by atoms with van der Waals surface area (Å²) in [5.41, 5.74) is 0.830. The van der Waals surface area contributed by atoms with Gasteiger partial charge in [-0.2, -0.15) is 4.98 Å². The smallest absolute Gasteiger partial charge is 0.258 e. The Morgan fingerprint density at radius 2 is 2.07 bits per heavy atom. The highest BCUT2D eigenvalue weighted by Gasteiger charge is 2.82. The maximum absolute atomic E-state index is 12.3. The first-order chi connectivity index (χ1) is 14.5. The van der Waals surface area contributed by atoms with Crippen LogP contribution in [0.5, 0.6) is 11.5 Å². The van der Waals surface area contributed by atoms with E-state index in [0.29, 0.717) is 34.2 Å². The summed E-state index contributed by atoms with van der Waals surface area (Å²) >= 11 is 5.86. The van der Waals surface area contributed by atoms with Crippen LogP contribution in [-0.2, 0) is 11.4 Å². The lowest BCUT2D eigenvalue weighted by Crippen LogP contribution is -2.36. The van der Waals surface area contributed by atoms with Gasteiger partial charge in [0.2, 0.25) is 11.7 Å². The predicted octanol–water partition coefficient (Wildman–Crippen LogP) is 3.66. The Labute approximate surface area is 178 Å². The fourth-order valence-electron chi connectivity index (χ4n) is 3.80. The number of halogens is 1. The van der Waals surface area contributed by atoms with Crippen LogP contribution in [0.1, 0.15) is 29.6 Å². The average Bonchev–Trinajstić information content (AvgIpc) is 3.51. The van der Waals surface area contributed by atoms with Gasteiger partial charge < -0.3 is 19.3 Å². The predicted molar refractivity (Wildman–Crippen MR) is 108 cm³/mol. The van der Waals surface area contributed by atoms with Crippen LogP contribution in [0, 0.1) is 12.8 Å². The number of aromatic nitrogens is 2. The third kappa shape index (κ3) is 3.73. The fourth-order valence-corrected chi connectivity index (χ4v) is 3.93. The molecule has 0 aliphatic heterocycles. The van der Waals surface area contributed by atoms with Gasteiger partial charge in [0.1, 0.15) is 11.5 Å². The van der Waals surface area contributed by atoms with E-state index in [1.165, 1.54) is 0 Å². The van der Waals surface area contributed by atoms with Gasteiger partial charge in [-0.25, -0.2) is 0 Å². The molecular formula is C22H20ClN3O4. The molecule has 2 saturated carbocycles. The molecule has 7 nitrogen and oxygen atoms in total. The summed E-state index contributed by atoms with van der Waals surface area (Å²) in [6.07, 6.45) is 0.923. The molecule has 0 spiro atoms. The summed E-state index contributed by atoms with van der Waals surface area (Å²) in [5, 5.41) is 7.71. The fraction of sp³-hybridized carbons (Fsp3) is 0.318. The van der Waals surface area contributed by atoms with E-state index in [4.69, 9.17) is 25.6 Å². The van der Waals surface area contributed by atoms with Gasteiger partial charge in [0.15, 0.2) is 13.2 Å². The molecule has 0 saturated heterocycles. The molecule has 1 aromatic heterocycles. The minimum atomic E-state index is -0.256. The summed E-state index contributed by atoms with van der Waals surface area (Å²) in [7, 11) is 0. The zero-order valence-electron chi connectivity index (χ0n) is 16.3. The quantitative estimate of drug-likeness (QED) is 0.592. The van der Waals surface area contributed by atoms with Crippen LogP contribution in [0.3, 0.4) is 0 Å². The number of benzene rings is 2. The van der Waals surface area contributed by atoms with E-state index in [-0.39, 0.29) is 30.6 Å². The summed E-state index contributed by atoms with van der Waals surface area (Å²) in [5.74, 6) is 2.65. The van der Waals surface area contributed by atoms with E-state index in [9.17, 15) is 4.79 Å². The summed E-state index contributed by atoms with van der Waals surface area (Å²) in [6, 6.07) is 14.7. The number of hydrogen-bond donors (Lipinski definition) is 1. The van der Waals surface area contributed by atoms with Crippen LogP contribution in [0.25, 0.3) is 0 Å². The van der Waals surface area contributed by atoms with Crippen LogP contribution in [-0.4, -0.2) is 28.2 Å². The maximum atomic E-state index is 12.3. The van der Waals surface area contributed by atoms with E-state index in [0.717, 1.165) is 12.0 Å². The Bertz CT molecular complexity index is 1080. The van der Waals surface area contributed by atoms with E-state index in [2.05, 4.69) is 15.5 Å². The number of aryl methyl sites for hydroxylation is 1. The monoisotopic (exact) mass is 425 g/mol. The van der Waals surface area contributed by atoms with Crippen molar-refractivity contribution < 1.29 is 18.8 Å². The number of amides is 1. The lowest BCUT2D eigenvalue weighted by atomic mass is 10.1. The van der Waals surface area contributed by atoms with Gasteiger partial charge in [-0.1, -0.05) is 28.9 Å². The molecule has 30 heavy (non-hydrogen) atoms. The van der Waals surface area contributed by atoms with Crippen molar-refractivity contribution in [2.75, 3.05) is 6.61 Å². The van der Waals surface area contributed by atoms with E-state index >= 15 is 0 Å². The van der Waals surface area contributed by atoms with Gasteiger partial charge in [0.25, 0.3) is 5.91 Å². The molecule has 1 amide bonds. The molecule has 8 heteroatoms. The molecule has 2 fully saturated rings. The Kier molecular flexibility index (Phi) is 4.62. The highest BCUT2D eigenvalue weighted by molar-refractivity contribution is 6.30. The number of fused-ring (bicyclic) bond motifs is 1. The van der Waals surface area contributed by atoms with Gasteiger partial charge in [-0.15, -0.1) is 0 Å². The molecule has 3 aromatic rings. The number of hydrogen-bond acceptors (Lipinski definition) is 6. The SMILES string of the molecule is Cc1cccc(OCC(=O)NC23CC2C3c2nc(COc3ccc(Cl)cc3)no2)c1. The molecule has 5 rings (SSSR count). The molecule has 2 aliphatic rings. The number of rotatable bonds is 8. The Hall–Kier alpha value is -3.06. The van der Waals surface area contributed by atoms with Crippen LogP contribution in [0.4, 0.5) is 0 Å². The van der Waals surface area contributed by atoms with Crippen molar-refractivity contribution in [1.29, 1.82) is 0 Å². The normalized spacial score (nSPS) is 23.4. The lowest BCUT2D eigenvalue weighted by molar-refractivity contribution is -0.123. The molecule has 3 unspecified atom stereocenters. The topological polar surface area (TPSA) is 86.5 Å². The summed E-state index contributed by atoms with van der Waals surface area (Å²) in [6.45, 7) is 2.16. The van der Waals surface area contributed by atoms with Crippen molar-refractivity contribution in [1.82, 2.24) is 15.5 Å². The minimum absolute atomic E-state index is 0.0192. The van der Waals surface area contributed by atoms with Crippen LogP contribution in [0.15, 0.2) is 53.1 Å². The highest BCUT2D eigenvalue weighted by atomic mass is 35.5. The van der Waals surface area contributed by atoms with Gasteiger partial charge >= 0.3 is 0 Å². The molecular weight excluding hydrogens is 406 g/mol. The zero-order chi connectivity index (χ0) is 20.7. The Morgan fingerprint density at radius 3 is 2.83 bits per heavy atom. The molecule has 1 N–H and O–H groups in total. The van der Waals surface area contributed by atoms with Gasteiger partial charge in [-0.05, 0) is 61.2 Å². The maximum Gasteiger partial charge on any atom is 0.258 e. The second kappa shape index (κ2) is 7.32. The molecule has 1 heterocycles. The third-order valence-corrected chi connectivity index (χ3v) is 5.82. The van der Waals surface area contributed by atoms with Crippen molar-refractivity contribution in [2.24, 2.45) is 5.92 Å². The second-order valence-corrected chi connectivity index (χ2v) is 8.21. The first kappa shape index (κ1) is 18.9. The Morgan fingerprint density at radius 1 is 1.23 bits per heavy atom. The number of carbonyl (C=O) groups is 1. The van der Waals surface area contributed by atoms with Crippen LogP contribution >= 0.6 is 11.6 Å². The van der Waals surface area contributed by atoms with E-state index in [1.54, 1.807) is 24.3 Å². The molecule has 154 valence electrons. The van der Waals surface area contributed by atoms with Crippen molar-refractivity contribution in [3.8, 4) is 11.5 Å². The van der Waals surface area contributed by atoms with Crippen molar-refractivity contribution in [2.45, 2.75) is 31.4 Å². The zero-order valence-corrected chi connectivity index (χ0v) is 17.1. The average molecular weight is 426 g/mol. The summed E-state index contributed by atoms with van der Waals surface area (Å²) < 4.78 is 16.6. The van der Waals surface area contributed by atoms with E-state index in [1.807, 2.05) is 31.2 Å². The minimum Gasteiger partial charge on any atom is -0.485 e. The summed E-state index contributed by atoms with van der Waals surface area (Å²) in [4.78, 5) is 16.7. The van der Waals surface area contributed by atoms with E-state index < -0.39 is 0 Å². The van der Waals surface area contributed by atoms with Crippen molar-refractivity contribution in [3.05, 3.63) is 70.8 Å². The first-order valence-electron chi connectivity index (χ1n) is 9.75.